The molecule has 45 heavy (non-hydrogen) atoms. The standard InChI is InChI=1S/C33H43N5O7/c1-3-36(4-2)29-9-10-32-26(23-29)24-30(33(39)45-32)31-25-38(35-34-31)28-7-5-27(6-8-28)37-11-13-40-15-17-42-19-21-44-22-20-43-18-16-41-14-12-37/h5-10,23-25H,3-4,11-22H2,1-2H3. The molecule has 12 nitrogen and oxygen atoms in total. The normalized spacial score (nSPS) is 16.7. The fourth-order valence-corrected chi connectivity index (χ4v) is 5.11. The number of nitrogens with zero attached hydrogens (tertiary/aromatic N) is 5. The SMILES string of the molecule is CCN(CC)c1ccc2oc(=O)c(-c3cn(-c4ccc(N5CCOCCOCCOCCOCCOCC5)cc4)nn3)cc2c1. The molecule has 0 atom stereocenters. The Morgan fingerprint density at radius 1 is 0.711 bits per heavy atom. The van der Waals surface area contributed by atoms with Crippen LogP contribution in [0, 0.1) is 0 Å². The summed E-state index contributed by atoms with van der Waals surface area (Å²) in [5.74, 6) is 0. The quantitative estimate of drug-likeness (QED) is 0.293. The first-order valence-electron chi connectivity index (χ1n) is 15.7. The summed E-state index contributed by atoms with van der Waals surface area (Å²) in [7, 11) is 0. The first-order valence-corrected chi connectivity index (χ1v) is 15.7. The fraction of sp³-hybridized carbons (Fsp3) is 0.485. The van der Waals surface area contributed by atoms with Crippen molar-refractivity contribution in [1.82, 2.24) is 15.0 Å². The highest BCUT2D eigenvalue weighted by atomic mass is 16.6. The van der Waals surface area contributed by atoms with Gasteiger partial charge in [-0.3, -0.25) is 0 Å². The van der Waals surface area contributed by atoms with Crippen LogP contribution in [0.15, 0.2) is 63.9 Å². The zero-order valence-corrected chi connectivity index (χ0v) is 26.2. The molecule has 0 bridgehead atoms. The Hall–Kier alpha value is -3.81. The third-order valence-electron chi connectivity index (χ3n) is 7.59. The van der Waals surface area contributed by atoms with Crippen LogP contribution in [-0.2, 0) is 23.7 Å². The van der Waals surface area contributed by atoms with E-state index in [1.54, 1.807) is 10.9 Å². The summed E-state index contributed by atoms with van der Waals surface area (Å²) >= 11 is 0. The Morgan fingerprint density at radius 3 is 1.84 bits per heavy atom. The van der Waals surface area contributed by atoms with Crippen LogP contribution >= 0.6 is 0 Å². The molecule has 12 heteroatoms. The molecule has 1 aliphatic rings. The second kappa shape index (κ2) is 17.0. The summed E-state index contributed by atoms with van der Waals surface area (Å²) in [5.41, 5.74) is 3.84. The van der Waals surface area contributed by atoms with Crippen molar-refractivity contribution in [2.75, 3.05) is 102 Å². The van der Waals surface area contributed by atoms with Crippen molar-refractivity contribution in [3.63, 3.8) is 0 Å². The minimum Gasteiger partial charge on any atom is -0.422 e. The lowest BCUT2D eigenvalue weighted by Gasteiger charge is -2.25. The summed E-state index contributed by atoms with van der Waals surface area (Å²) < 4.78 is 35.5. The van der Waals surface area contributed by atoms with Crippen molar-refractivity contribution in [2.24, 2.45) is 0 Å². The molecule has 2 aromatic heterocycles. The predicted molar refractivity (Wildman–Crippen MR) is 173 cm³/mol. The first-order chi connectivity index (χ1) is 22.2. The Kier molecular flexibility index (Phi) is 12.3. The molecule has 1 saturated heterocycles. The molecule has 1 fully saturated rings. The third kappa shape index (κ3) is 9.12. The van der Waals surface area contributed by atoms with E-state index in [-0.39, 0.29) is 0 Å². The molecule has 4 aromatic rings. The van der Waals surface area contributed by atoms with Crippen molar-refractivity contribution in [3.05, 3.63) is 65.1 Å². The van der Waals surface area contributed by atoms with Crippen molar-refractivity contribution in [1.29, 1.82) is 0 Å². The van der Waals surface area contributed by atoms with Gasteiger partial charge in [-0.1, -0.05) is 5.21 Å². The Bertz CT molecular complexity index is 1500. The molecule has 0 aliphatic carbocycles. The van der Waals surface area contributed by atoms with Crippen LogP contribution in [-0.4, -0.2) is 107 Å². The maximum absolute atomic E-state index is 12.9. The zero-order chi connectivity index (χ0) is 31.3. The fourth-order valence-electron chi connectivity index (χ4n) is 5.11. The van der Waals surface area contributed by atoms with Gasteiger partial charge in [-0.15, -0.1) is 5.10 Å². The molecule has 0 N–H and O–H groups in total. The van der Waals surface area contributed by atoms with Crippen LogP contribution in [0.4, 0.5) is 11.4 Å². The molecule has 0 amide bonds. The summed E-state index contributed by atoms with van der Waals surface area (Å²) in [6.07, 6.45) is 1.75. The average molecular weight is 622 g/mol. The molecule has 0 unspecified atom stereocenters. The second-order valence-corrected chi connectivity index (χ2v) is 10.5. The smallest absolute Gasteiger partial charge is 0.345 e. The molecule has 2 aromatic carbocycles. The van der Waals surface area contributed by atoms with Gasteiger partial charge in [0.1, 0.15) is 11.3 Å². The number of hydrogen-bond donors (Lipinski definition) is 0. The van der Waals surface area contributed by atoms with Crippen LogP contribution in [0.1, 0.15) is 13.8 Å². The molecule has 3 heterocycles. The Labute approximate surface area is 263 Å². The van der Waals surface area contributed by atoms with Gasteiger partial charge in [-0.25, -0.2) is 9.48 Å². The average Bonchev–Trinajstić information content (AvgIpc) is 3.55. The van der Waals surface area contributed by atoms with E-state index >= 15 is 0 Å². The van der Waals surface area contributed by atoms with Gasteiger partial charge in [-0.2, -0.15) is 0 Å². The molecule has 1 aliphatic heterocycles. The highest BCUT2D eigenvalue weighted by molar-refractivity contribution is 5.84. The first kappa shape index (κ1) is 32.6. The number of fused-ring (bicyclic) bond motifs is 1. The molecule has 0 saturated carbocycles. The van der Waals surface area contributed by atoms with Gasteiger partial charge < -0.3 is 37.9 Å². The van der Waals surface area contributed by atoms with Crippen molar-refractivity contribution in [2.45, 2.75) is 13.8 Å². The maximum atomic E-state index is 12.9. The van der Waals surface area contributed by atoms with E-state index < -0.39 is 5.63 Å². The lowest BCUT2D eigenvalue weighted by atomic mass is 10.1. The molecular weight excluding hydrogens is 578 g/mol. The van der Waals surface area contributed by atoms with Crippen molar-refractivity contribution < 1.29 is 28.1 Å². The number of hydrogen-bond acceptors (Lipinski definition) is 11. The van der Waals surface area contributed by atoms with E-state index in [2.05, 4.69) is 34.0 Å². The molecule has 0 spiro atoms. The van der Waals surface area contributed by atoms with Crippen molar-refractivity contribution in [3.8, 4) is 16.9 Å². The summed E-state index contributed by atoms with van der Waals surface area (Å²) in [4.78, 5) is 17.3. The molecule has 0 radical (unpaired) electrons. The second-order valence-electron chi connectivity index (χ2n) is 10.5. The lowest BCUT2D eigenvalue weighted by molar-refractivity contribution is -0.0116. The van der Waals surface area contributed by atoms with E-state index in [0.717, 1.165) is 35.5 Å². The minimum absolute atomic E-state index is 0.370. The van der Waals surface area contributed by atoms with Crippen LogP contribution in [0.25, 0.3) is 27.9 Å². The van der Waals surface area contributed by atoms with E-state index in [0.29, 0.717) is 96.0 Å². The van der Waals surface area contributed by atoms with Crippen LogP contribution < -0.4 is 15.4 Å². The highest BCUT2D eigenvalue weighted by Gasteiger charge is 2.14. The van der Waals surface area contributed by atoms with Gasteiger partial charge in [0.05, 0.1) is 83.5 Å². The topological polar surface area (TPSA) is 114 Å². The number of ether oxygens (including phenoxy) is 5. The summed E-state index contributed by atoms with van der Waals surface area (Å²) in [6, 6.07) is 15.7. The van der Waals surface area contributed by atoms with Gasteiger partial charge in [0.25, 0.3) is 0 Å². The monoisotopic (exact) mass is 621 g/mol. The number of rotatable bonds is 6. The summed E-state index contributed by atoms with van der Waals surface area (Å²) in [5, 5.41) is 9.44. The van der Waals surface area contributed by atoms with Gasteiger partial charge in [0.15, 0.2) is 0 Å². The number of anilines is 2. The third-order valence-corrected chi connectivity index (χ3v) is 7.59. The molecular formula is C33H43N5O7. The lowest BCUT2D eigenvalue weighted by Crippen LogP contribution is -2.31. The summed E-state index contributed by atoms with van der Waals surface area (Å²) in [6.45, 7) is 12.8. The largest absolute Gasteiger partial charge is 0.422 e. The van der Waals surface area contributed by atoms with E-state index in [1.807, 2.05) is 48.5 Å². The van der Waals surface area contributed by atoms with Gasteiger partial charge >= 0.3 is 5.63 Å². The van der Waals surface area contributed by atoms with E-state index in [4.69, 9.17) is 28.1 Å². The Balaban J connectivity index is 1.27. The predicted octanol–water partition coefficient (Wildman–Crippen LogP) is 3.79. The van der Waals surface area contributed by atoms with Gasteiger partial charge in [0, 0.05) is 42.9 Å². The maximum Gasteiger partial charge on any atom is 0.345 e. The zero-order valence-electron chi connectivity index (χ0n) is 26.2. The van der Waals surface area contributed by atoms with Crippen LogP contribution in [0.2, 0.25) is 0 Å². The van der Waals surface area contributed by atoms with Gasteiger partial charge in [-0.05, 0) is 62.4 Å². The number of aromatic nitrogens is 3. The Morgan fingerprint density at radius 2 is 1.27 bits per heavy atom. The molecule has 5 rings (SSSR count). The molecule has 242 valence electrons. The van der Waals surface area contributed by atoms with Crippen LogP contribution in [0.3, 0.4) is 0 Å². The van der Waals surface area contributed by atoms with E-state index in [9.17, 15) is 4.79 Å². The van der Waals surface area contributed by atoms with Crippen LogP contribution in [0.5, 0.6) is 0 Å². The number of benzene rings is 2. The van der Waals surface area contributed by atoms with E-state index in [1.165, 1.54) is 0 Å². The highest BCUT2D eigenvalue weighted by Crippen LogP contribution is 2.25. The minimum atomic E-state index is -0.448. The van der Waals surface area contributed by atoms with Crippen molar-refractivity contribution >= 4 is 22.3 Å². The van der Waals surface area contributed by atoms with Gasteiger partial charge in [0.2, 0.25) is 0 Å².